The fraction of sp³-hybridized carbons (Fsp3) is 0.300. The highest BCUT2D eigenvalue weighted by atomic mass is 79.9. The van der Waals surface area contributed by atoms with Crippen LogP contribution in [0, 0.1) is 0 Å². The maximum Gasteiger partial charge on any atom is 0.152 e. The number of ether oxygens (including phenoxy) is 1. The molecule has 0 amide bonds. The summed E-state index contributed by atoms with van der Waals surface area (Å²) in [5, 5.41) is 0. The minimum atomic E-state index is -0.0168. The highest BCUT2D eigenvalue weighted by Crippen LogP contribution is 2.27. The standard InChI is InChI=1S/C10H10BrClO2/c1-14-10-4-2-3-9(11)8(10)5-7(13)6-12/h2-4H,5-6H2,1H3. The van der Waals surface area contributed by atoms with Gasteiger partial charge in [0.2, 0.25) is 0 Å². The molecule has 2 nitrogen and oxygen atoms in total. The third-order valence-electron chi connectivity index (χ3n) is 1.82. The second-order valence-corrected chi connectivity index (χ2v) is 3.89. The van der Waals surface area contributed by atoms with Crippen molar-refractivity contribution in [3.05, 3.63) is 28.2 Å². The number of carbonyl (C=O) groups is 1. The molecule has 0 heterocycles. The lowest BCUT2D eigenvalue weighted by Gasteiger charge is -2.08. The van der Waals surface area contributed by atoms with Gasteiger partial charge < -0.3 is 4.74 Å². The summed E-state index contributed by atoms with van der Waals surface area (Å²) in [5.41, 5.74) is 0.848. The van der Waals surface area contributed by atoms with Crippen molar-refractivity contribution in [2.45, 2.75) is 6.42 Å². The van der Waals surface area contributed by atoms with Gasteiger partial charge in [0, 0.05) is 16.5 Å². The minimum absolute atomic E-state index is 0.0168. The van der Waals surface area contributed by atoms with E-state index in [1.807, 2.05) is 18.2 Å². The Labute approximate surface area is 96.3 Å². The van der Waals surface area contributed by atoms with Crippen LogP contribution in [-0.2, 0) is 11.2 Å². The first-order valence-corrected chi connectivity index (χ1v) is 5.40. The third kappa shape index (κ3) is 2.72. The minimum Gasteiger partial charge on any atom is -0.496 e. The van der Waals surface area contributed by atoms with Crippen LogP contribution < -0.4 is 4.74 Å². The Morgan fingerprint density at radius 3 is 2.86 bits per heavy atom. The lowest BCUT2D eigenvalue weighted by Crippen LogP contribution is -2.05. The van der Waals surface area contributed by atoms with Crippen molar-refractivity contribution in [1.29, 1.82) is 0 Å². The number of hydrogen-bond acceptors (Lipinski definition) is 2. The highest BCUT2D eigenvalue weighted by Gasteiger charge is 2.10. The summed E-state index contributed by atoms with van der Waals surface area (Å²) < 4.78 is 6.02. The van der Waals surface area contributed by atoms with Gasteiger partial charge in [-0.3, -0.25) is 4.79 Å². The number of carbonyl (C=O) groups excluding carboxylic acids is 1. The van der Waals surface area contributed by atoms with E-state index < -0.39 is 0 Å². The van der Waals surface area contributed by atoms with E-state index in [2.05, 4.69) is 15.9 Å². The SMILES string of the molecule is COc1cccc(Br)c1CC(=O)CCl. The predicted molar refractivity (Wildman–Crippen MR) is 60.1 cm³/mol. The van der Waals surface area contributed by atoms with Gasteiger partial charge in [-0.2, -0.15) is 0 Å². The molecule has 76 valence electrons. The molecule has 0 fully saturated rings. The average molecular weight is 278 g/mol. The summed E-state index contributed by atoms with van der Waals surface area (Å²) in [7, 11) is 1.58. The Kier molecular flexibility index (Phi) is 4.42. The Morgan fingerprint density at radius 1 is 1.57 bits per heavy atom. The number of Topliss-reactive ketones (excluding diaryl/α,β-unsaturated/α-hetero) is 1. The first kappa shape index (κ1) is 11.5. The number of halogens is 2. The lowest BCUT2D eigenvalue weighted by atomic mass is 10.1. The fourth-order valence-electron chi connectivity index (χ4n) is 1.15. The van der Waals surface area contributed by atoms with E-state index in [-0.39, 0.29) is 11.7 Å². The molecule has 0 spiro atoms. The predicted octanol–water partition coefficient (Wildman–Crippen LogP) is 2.81. The zero-order valence-electron chi connectivity index (χ0n) is 7.72. The van der Waals surface area contributed by atoms with Crippen LogP contribution >= 0.6 is 27.5 Å². The van der Waals surface area contributed by atoms with Crippen molar-refractivity contribution in [2.24, 2.45) is 0 Å². The summed E-state index contributed by atoms with van der Waals surface area (Å²) in [6.07, 6.45) is 0.300. The van der Waals surface area contributed by atoms with Gasteiger partial charge in [0.1, 0.15) is 5.75 Å². The van der Waals surface area contributed by atoms with Crippen LogP contribution in [0.25, 0.3) is 0 Å². The number of ketones is 1. The first-order chi connectivity index (χ1) is 6.69. The summed E-state index contributed by atoms with van der Waals surface area (Å²) in [6, 6.07) is 5.55. The van der Waals surface area contributed by atoms with Crippen LogP contribution in [0.3, 0.4) is 0 Å². The number of hydrogen-bond donors (Lipinski definition) is 0. The maximum absolute atomic E-state index is 11.2. The summed E-state index contributed by atoms with van der Waals surface area (Å²) in [6.45, 7) is 0. The van der Waals surface area contributed by atoms with Crippen molar-refractivity contribution in [2.75, 3.05) is 13.0 Å². The second-order valence-electron chi connectivity index (χ2n) is 2.77. The van der Waals surface area contributed by atoms with Crippen LogP contribution in [0.15, 0.2) is 22.7 Å². The largest absolute Gasteiger partial charge is 0.496 e. The van der Waals surface area contributed by atoms with E-state index in [0.717, 1.165) is 10.0 Å². The Balaban J connectivity index is 2.98. The van der Waals surface area contributed by atoms with E-state index in [9.17, 15) is 4.79 Å². The molecule has 0 atom stereocenters. The molecule has 0 aliphatic carbocycles. The van der Waals surface area contributed by atoms with E-state index >= 15 is 0 Å². The molecule has 0 aliphatic rings. The van der Waals surface area contributed by atoms with Crippen molar-refractivity contribution in [1.82, 2.24) is 0 Å². The molecular formula is C10H10BrClO2. The number of benzene rings is 1. The Morgan fingerprint density at radius 2 is 2.29 bits per heavy atom. The molecule has 4 heteroatoms. The van der Waals surface area contributed by atoms with E-state index in [4.69, 9.17) is 16.3 Å². The Bertz CT molecular complexity index is 339. The summed E-state index contributed by atoms with van der Waals surface area (Å²) in [4.78, 5) is 11.2. The highest BCUT2D eigenvalue weighted by molar-refractivity contribution is 9.10. The molecule has 0 bridgehead atoms. The molecule has 1 rings (SSSR count). The van der Waals surface area contributed by atoms with Gasteiger partial charge in [-0.25, -0.2) is 0 Å². The van der Waals surface area contributed by atoms with Gasteiger partial charge in [-0.15, -0.1) is 11.6 Å². The van der Waals surface area contributed by atoms with Crippen LogP contribution in [-0.4, -0.2) is 18.8 Å². The van der Waals surface area contributed by atoms with Crippen LogP contribution in [0.1, 0.15) is 5.56 Å². The molecule has 0 aliphatic heterocycles. The summed E-state index contributed by atoms with van der Waals surface area (Å²) >= 11 is 8.81. The maximum atomic E-state index is 11.2. The molecule has 0 aromatic heterocycles. The molecule has 1 aromatic carbocycles. The number of methoxy groups -OCH3 is 1. The van der Waals surface area contributed by atoms with Gasteiger partial charge in [0.05, 0.1) is 13.0 Å². The van der Waals surface area contributed by atoms with Crippen LogP contribution in [0.4, 0.5) is 0 Å². The molecule has 14 heavy (non-hydrogen) atoms. The molecule has 0 unspecified atom stereocenters. The van der Waals surface area contributed by atoms with Crippen LogP contribution in [0.5, 0.6) is 5.75 Å². The molecule has 0 saturated heterocycles. The average Bonchev–Trinajstić information content (AvgIpc) is 2.20. The first-order valence-electron chi connectivity index (χ1n) is 4.08. The normalized spacial score (nSPS) is 9.93. The number of alkyl halides is 1. The number of rotatable bonds is 4. The van der Waals surface area contributed by atoms with Gasteiger partial charge in [0.25, 0.3) is 0 Å². The topological polar surface area (TPSA) is 26.3 Å². The van der Waals surface area contributed by atoms with Gasteiger partial charge in [-0.05, 0) is 12.1 Å². The fourth-order valence-corrected chi connectivity index (χ4v) is 1.73. The zero-order chi connectivity index (χ0) is 10.6. The third-order valence-corrected chi connectivity index (χ3v) is 2.86. The second kappa shape index (κ2) is 5.37. The van der Waals surface area contributed by atoms with Gasteiger partial charge >= 0.3 is 0 Å². The van der Waals surface area contributed by atoms with Crippen molar-refractivity contribution >= 4 is 33.3 Å². The molecular weight excluding hydrogens is 267 g/mol. The molecule has 0 N–H and O–H groups in total. The van der Waals surface area contributed by atoms with Crippen molar-refractivity contribution in [3.8, 4) is 5.75 Å². The van der Waals surface area contributed by atoms with Crippen molar-refractivity contribution in [3.63, 3.8) is 0 Å². The zero-order valence-corrected chi connectivity index (χ0v) is 10.1. The Hall–Kier alpha value is -0.540. The van der Waals surface area contributed by atoms with E-state index in [1.54, 1.807) is 7.11 Å². The smallest absolute Gasteiger partial charge is 0.152 e. The van der Waals surface area contributed by atoms with Crippen molar-refractivity contribution < 1.29 is 9.53 Å². The monoisotopic (exact) mass is 276 g/mol. The van der Waals surface area contributed by atoms with E-state index in [1.165, 1.54) is 0 Å². The molecule has 0 radical (unpaired) electrons. The van der Waals surface area contributed by atoms with Gasteiger partial charge in [-0.1, -0.05) is 22.0 Å². The van der Waals surface area contributed by atoms with Crippen LogP contribution in [0.2, 0.25) is 0 Å². The van der Waals surface area contributed by atoms with E-state index in [0.29, 0.717) is 12.2 Å². The quantitative estimate of drug-likeness (QED) is 0.791. The molecule has 0 saturated carbocycles. The lowest BCUT2D eigenvalue weighted by molar-refractivity contribution is -0.116. The molecule has 1 aromatic rings. The van der Waals surface area contributed by atoms with Gasteiger partial charge in [0.15, 0.2) is 5.78 Å². The summed E-state index contributed by atoms with van der Waals surface area (Å²) in [5.74, 6) is 0.722.